The van der Waals surface area contributed by atoms with Gasteiger partial charge in [0.25, 0.3) is 5.91 Å². The van der Waals surface area contributed by atoms with Gasteiger partial charge in [-0.3, -0.25) is 9.59 Å². The molecule has 0 saturated carbocycles. The number of hydrogen-bond acceptors (Lipinski definition) is 4. The number of rotatable bonds is 6. The van der Waals surface area contributed by atoms with Crippen LogP contribution in [0.25, 0.3) is 10.9 Å². The number of anilines is 1. The number of nitrogens with one attached hydrogen (secondary N) is 2. The van der Waals surface area contributed by atoms with Crippen LogP contribution in [0.3, 0.4) is 0 Å². The number of benzene rings is 2. The van der Waals surface area contributed by atoms with Gasteiger partial charge in [-0.15, -0.1) is 13.2 Å². The molecule has 1 aliphatic heterocycles. The number of halogens is 3. The Morgan fingerprint density at radius 1 is 1.13 bits per heavy atom. The standard InChI is InChI=1S/C21H18F3N3O3/c22-21(23,24)30-15-5-3-4-14(10-15)27-19(28)11-18(20(27)29)25-9-8-13-12-26-17-7-2-1-6-16(13)17/h1-7,10,12,18,25-26H,8-9,11H2/t18-/m1/s1. The monoisotopic (exact) mass is 417 g/mol. The van der Waals surface area contributed by atoms with Gasteiger partial charge in [0, 0.05) is 29.7 Å². The summed E-state index contributed by atoms with van der Waals surface area (Å²) in [6.45, 7) is 0.469. The van der Waals surface area contributed by atoms with Crippen LogP contribution in [0.4, 0.5) is 18.9 Å². The van der Waals surface area contributed by atoms with E-state index in [-0.39, 0.29) is 12.1 Å². The van der Waals surface area contributed by atoms with E-state index in [0.717, 1.165) is 33.5 Å². The van der Waals surface area contributed by atoms with Crippen LogP contribution in [0.2, 0.25) is 0 Å². The molecule has 1 fully saturated rings. The molecule has 0 aliphatic carbocycles. The van der Waals surface area contributed by atoms with Crippen molar-refractivity contribution in [3.05, 3.63) is 60.3 Å². The Hall–Kier alpha value is -3.33. The zero-order valence-electron chi connectivity index (χ0n) is 15.7. The molecule has 2 N–H and O–H groups in total. The van der Waals surface area contributed by atoms with Gasteiger partial charge in [0.05, 0.1) is 18.2 Å². The normalized spacial score (nSPS) is 17.2. The fourth-order valence-corrected chi connectivity index (χ4v) is 3.60. The maximum absolute atomic E-state index is 12.7. The van der Waals surface area contributed by atoms with Gasteiger partial charge in [-0.2, -0.15) is 0 Å². The lowest BCUT2D eigenvalue weighted by atomic mass is 10.1. The van der Waals surface area contributed by atoms with E-state index in [1.807, 2.05) is 30.5 Å². The van der Waals surface area contributed by atoms with Crippen molar-refractivity contribution in [3.8, 4) is 5.75 Å². The summed E-state index contributed by atoms with van der Waals surface area (Å²) < 4.78 is 41.2. The molecule has 9 heteroatoms. The van der Waals surface area contributed by atoms with E-state index < -0.39 is 30.0 Å². The van der Waals surface area contributed by atoms with Gasteiger partial charge in [0.2, 0.25) is 5.91 Å². The zero-order chi connectivity index (χ0) is 21.3. The van der Waals surface area contributed by atoms with Crippen molar-refractivity contribution in [2.45, 2.75) is 25.2 Å². The number of alkyl halides is 3. The number of imide groups is 1. The van der Waals surface area contributed by atoms with Crippen LogP contribution < -0.4 is 15.0 Å². The van der Waals surface area contributed by atoms with Crippen LogP contribution in [0.5, 0.6) is 5.75 Å². The molecule has 2 amide bonds. The molecule has 6 nitrogen and oxygen atoms in total. The number of para-hydroxylation sites is 1. The highest BCUT2D eigenvalue weighted by molar-refractivity contribution is 6.22. The van der Waals surface area contributed by atoms with Gasteiger partial charge in [-0.05, 0) is 30.2 Å². The number of carbonyl (C=O) groups excluding carboxylic acids is 2. The van der Waals surface area contributed by atoms with Crippen molar-refractivity contribution < 1.29 is 27.5 Å². The molecule has 156 valence electrons. The predicted octanol–water partition coefficient (Wildman–Crippen LogP) is 3.53. The Balaban J connectivity index is 1.41. The number of ether oxygens (including phenoxy) is 1. The molecular weight excluding hydrogens is 399 g/mol. The lowest BCUT2D eigenvalue weighted by Gasteiger charge is -2.17. The van der Waals surface area contributed by atoms with Crippen molar-refractivity contribution in [2.75, 3.05) is 11.4 Å². The van der Waals surface area contributed by atoms with Crippen LogP contribution in [-0.4, -0.2) is 35.7 Å². The third-order valence-corrected chi connectivity index (χ3v) is 4.92. The first-order valence-electron chi connectivity index (χ1n) is 9.33. The molecule has 2 aromatic carbocycles. The largest absolute Gasteiger partial charge is 0.573 e. The summed E-state index contributed by atoms with van der Waals surface area (Å²) in [6, 6.07) is 12.0. The van der Waals surface area contributed by atoms with Gasteiger partial charge < -0.3 is 15.0 Å². The molecule has 1 saturated heterocycles. The summed E-state index contributed by atoms with van der Waals surface area (Å²) in [4.78, 5) is 29.1. The Morgan fingerprint density at radius 3 is 2.73 bits per heavy atom. The average Bonchev–Trinajstić information content (AvgIpc) is 3.21. The lowest BCUT2D eigenvalue weighted by molar-refractivity contribution is -0.274. The molecule has 1 aliphatic rings. The first-order valence-corrected chi connectivity index (χ1v) is 9.33. The summed E-state index contributed by atoms with van der Waals surface area (Å²) in [5, 5.41) is 4.17. The Bertz CT molecular complexity index is 1090. The zero-order valence-corrected chi connectivity index (χ0v) is 15.7. The quantitative estimate of drug-likeness (QED) is 0.602. The van der Waals surface area contributed by atoms with E-state index in [1.165, 1.54) is 12.1 Å². The highest BCUT2D eigenvalue weighted by Crippen LogP contribution is 2.29. The van der Waals surface area contributed by atoms with Crippen LogP contribution in [0, 0.1) is 0 Å². The summed E-state index contributed by atoms with van der Waals surface area (Å²) in [5.41, 5.74) is 2.16. The lowest BCUT2D eigenvalue weighted by Crippen LogP contribution is -2.39. The van der Waals surface area contributed by atoms with E-state index in [1.54, 1.807) is 0 Å². The fraction of sp³-hybridized carbons (Fsp3) is 0.238. The smallest absolute Gasteiger partial charge is 0.406 e. The Kier molecular flexibility index (Phi) is 5.21. The molecular formula is C21H18F3N3O3. The number of carbonyl (C=O) groups is 2. The summed E-state index contributed by atoms with van der Waals surface area (Å²) >= 11 is 0. The molecule has 1 atom stereocenters. The van der Waals surface area contributed by atoms with Crippen LogP contribution in [0.15, 0.2) is 54.7 Å². The molecule has 3 aromatic rings. The second-order valence-corrected chi connectivity index (χ2v) is 6.93. The van der Waals surface area contributed by atoms with Gasteiger partial charge >= 0.3 is 6.36 Å². The van der Waals surface area contributed by atoms with E-state index in [4.69, 9.17) is 0 Å². The highest BCUT2D eigenvalue weighted by atomic mass is 19.4. The molecule has 30 heavy (non-hydrogen) atoms. The summed E-state index contributed by atoms with van der Waals surface area (Å²) in [5.74, 6) is -1.46. The van der Waals surface area contributed by atoms with E-state index in [9.17, 15) is 22.8 Å². The van der Waals surface area contributed by atoms with Gasteiger partial charge in [0.15, 0.2) is 0 Å². The first-order chi connectivity index (χ1) is 14.3. The highest BCUT2D eigenvalue weighted by Gasteiger charge is 2.39. The first kappa shape index (κ1) is 20.0. The second-order valence-electron chi connectivity index (χ2n) is 6.93. The SMILES string of the molecule is O=C1C[C@@H](NCCc2c[nH]c3ccccc23)C(=O)N1c1cccc(OC(F)(F)F)c1. The fourth-order valence-electron chi connectivity index (χ4n) is 3.60. The number of amides is 2. The van der Waals surface area contributed by atoms with Crippen molar-refractivity contribution in [3.63, 3.8) is 0 Å². The van der Waals surface area contributed by atoms with Crippen LogP contribution >= 0.6 is 0 Å². The molecule has 0 spiro atoms. The third kappa shape index (κ3) is 4.16. The number of fused-ring (bicyclic) bond motifs is 1. The Morgan fingerprint density at radius 2 is 1.93 bits per heavy atom. The van der Waals surface area contributed by atoms with Crippen molar-refractivity contribution in [1.29, 1.82) is 0 Å². The van der Waals surface area contributed by atoms with Gasteiger partial charge in [0.1, 0.15) is 5.75 Å². The van der Waals surface area contributed by atoms with Crippen LogP contribution in [0.1, 0.15) is 12.0 Å². The second kappa shape index (κ2) is 7.83. The molecule has 1 aromatic heterocycles. The number of nitrogens with zero attached hydrogens (tertiary/aromatic N) is 1. The van der Waals surface area contributed by atoms with E-state index in [0.29, 0.717) is 13.0 Å². The van der Waals surface area contributed by atoms with Gasteiger partial charge in [-0.1, -0.05) is 24.3 Å². The molecule has 0 unspecified atom stereocenters. The van der Waals surface area contributed by atoms with E-state index >= 15 is 0 Å². The Labute approximate surface area is 169 Å². The number of H-pyrrole nitrogens is 1. The minimum Gasteiger partial charge on any atom is -0.406 e. The minimum absolute atomic E-state index is 0.0488. The van der Waals surface area contributed by atoms with Crippen molar-refractivity contribution in [1.82, 2.24) is 10.3 Å². The number of hydrogen-bond donors (Lipinski definition) is 2. The third-order valence-electron chi connectivity index (χ3n) is 4.92. The minimum atomic E-state index is -4.86. The summed E-state index contributed by atoms with van der Waals surface area (Å²) in [7, 11) is 0. The maximum Gasteiger partial charge on any atom is 0.573 e. The molecule has 0 radical (unpaired) electrons. The molecule has 4 rings (SSSR count). The average molecular weight is 417 g/mol. The van der Waals surface area contributed by atoms with Crippen LogP contribution in [-0.2, 0) is 16.0 Å². The number of aromatic nitrogens is 1. The summed E-state index contributed by atoms with van der Waals surface area (Å²) in [6.07, 6.45) is -2.36. The van der Waals surface area contributed by atoms with E-state index in [2.05, 4.69) is 15.0 Å². The predicted molar refractivity (Wildman–Crippen MR) is 104 cm³/mol. The van der Waals surface area contributed by atoms with Crippen molar-refractivity contribution >= 4 is 28.4 Å². The topological polar surface area (TPSA) is 74.4 Å². The maximum atomic E-state index is 12.7. The number of aromatic amines is 1. The molecule has 0 bridgehead atoms. The van der Waals surface area contributed by atoms with Gasteiger partial charge in [-0.25, -0.2) is 4.90 Å². The van der Waals surface area contributed by atoms with Crippen molar-refractivity contribution in [2.24, 2.45) is 0 Å². The molecule has 2 heterocycles.